The summed E-state index contributed by atoms with van der Waals surface area (Å²) in [5, 5.41) is 10.5. The average molecular weight is 96.1 g/mol. The van der Waals surface area contributed by atoms with Crippen LogP contribution in [0.4, 0.5) is 0 Å². The molecule has 0 spiro atoms. The second kappa shape index (κ2) is 5.19. The van der Waals surface area contributed by atoms with Crippen molar-refractivity contribution >= 4 is 0 Å². The van der Waals surface area contributed by atoms with Gasteiger partial charge in [-0.2, -0.15) is 5.26 Å². The highest BCUT2D eigenvalue weighted by Crippen LogP contribution is 1.65. The predicted molar refractivity (Wildman–Crippen MR) is 28.7 cm³/mol. The standard InChI is InChI=1S/C3H3N.C2H5N/c1-2-3-4;1-2-3-1/h2H,1H2;3H,1-2H2. The first kappa shape index (κ1) is 6.19. The maximum Gasteiger partial charge on any atom is 0.0905 e. The number of nitrogens with zero attached hydrogens (tertiary/aromatic N) is 1. The summed E-state index contributed by atoms with van der Waals surface area (Å²) in [7, 11) is 0. The highest BCUT2D eigenvalue weighted by atomic mass is 15.0. The molecule has 1 N–H and O–H groups in total. The van der Waals surface area contributed by atoms with Crippen LogP contribution >= 0.6 is 0 Å². The summed E-state index contributed by atoms with van der Waals surface area (Å²) in [6.07, 6.45) is 1.18. The van der Waals surface area contributed by atoms with E-state index < -0.39 is 0 Å². The van der Waals surface area contributed by atoms with Gasteiger partial charge in [0.1, 0.15) is 0 Å². The van der Waals surface area contributed by atoms with Crippen LogP contribution < -0.4 is 5.32 Å². The Hall–Kier alpha value is -0.810. The molecule has 1 aliphatic rings. The number of rotatable bonds is 0. The maximum absolute atomic E-state index is 7.51. The van der Waals surface area contributed by atoms with Crippen LogP contribution in [0.2, 0.25) is 0 Å². The van der Waals surface area contributed by atoms with Gasteiger partial charge in [-0.05, 0) is 0 Å². The second-order valence-corrected chi connectivity index (χ2v) is 1.08. The van der Waals surface area contributed by atoms with Crippen LogP contribution in [0.15, 0.2) is 12.7 Å². The van der Waals surface area contributed by atoms with Gasteiger partial charge in [0.25, 0.3) is 0 Å². The van der Waals surface area contributed by atoms with Gasteiger partial charge in [0, 0.05) is 19.2 Å². The molecular formula is C5H8N2. The molecule has 1 heterocycles. The zero-order valence-electron chi connectivity index (χ0n) is 4.15. The van der Waals surface area contributed by atoms with Crippen LogP contribution in [0.3, 0.4) is 0 Å². The zero-order valence-corrected chi connectivity index (χ0v) is 4.15. The molecule has 0 aromatic heterocycles. The Balaban J connectivity index is 0.000000105. The number of hydrogen-bond acceptors (Lipinski definition) is 2. The van der Waals surface area contributed by atoms with Gasteiger partial charge < -0.3 is 5.32 Å². The molecule has 38 valence electrons. The van der Waals surface area contributed by atoms with Crippen LogP contribution in [0.5, 0.6) is 0 Å². The first-order valence-corrected chi connectivity index (χ1v) is 2.13. The van der Waals surface area contributed by atoms with Gasteiger partial charge in [0.2, 0.25) is 0 Å². The third-order valence-corrected chi connectivity index (χ3v) is 0.341. The lowest BCUT2D eigenvalue weighted by molar-refractivity contribution is 1.34. The van der Waals surface area contributed by atoms with Crippen LogP contribution in [0.25, 0.3) is 0 Å². The average Bonchev–Trinajstić information content (AvgIpc) is 2.47. The van der Waals surface area contributed by atoms with Crippen LogP contribution in [0.1, 0.15) is 0 Å². The summed E-state index contributed by atoms with van der Waals surface area (Å²) in [5.41, 5.74) is 0. The lowest BCUT2D eigenvalue weighted by atomic mass is 10.8. The summed E-state index contributed by atoms with van der Waals surface area (Å²) in [6, 6.07) is 1.69. The number of nitrogens with one attached hydrogen (secondary N) is 1. The first-order valence-electron chi connectivity index (χ1n) is 2.13. The normalized spacial score (nSPS) is 12.4. The SMILES string of the molecule is C1CN1.C=CC#N. The molecule has 2 nitrogen and oxygen atoms in total. The largest absolute Gasteiger partial charge is 0.314 e. The Bertz CT molecular complexity index is 75.8. The molecule has 0 radical (unpaired) electrons. The molecule has 1 fully saturated rings. The van der Waals surface area contributed by atoms with E-state index in [1.54, 1.807) is 6.07 Å². The van der Waals surface area contributed by atoms with E-state index in [2.05, 4.69) is 11.9 Å². The second-order valence-electron chi connectivity index (χ2n) is 1.08. The van der Waals surface area contributed by atoms with Crippen molar-refractivity contribution in [3.05, 3.63) is 12.7 Å². The Morgan fingerprint density at radius 1 is 1.71 bits per heavy atom. The monoisotopic (exact) mass is 96.1 g/mol. The molecule has 1 saturated heterocycles. The van der Waals surface area contributed by atoms with E-state index in [9.17, 15) is 0 Å². The topological polar surface area (TPSA) is 45.7 Å². The maximum atomic E-state index is 7.51. The van der Waals surface area contributed by atoms with Gasteiger partial charge in [-0.3, -0.25) is 0 Å². The Morgan fingerprint density at radius 3 is 2.00 bits per heavy atom. The van der Waals surface area contributed by atoms with E-state index in [0.717, 1.165) is 0 Å². The van der Waals surface area contributed by atoms with E-state index in [-0.39, 0.29) is 0 Å². The van der Waals surface area contributed by atoms with Crippen molar-refractivity contribution in [1.82, 2.24) is 5.32 Å². The van der Waals surface area contributed by atoms with Crippen LogP contribution in [-0.2, 0) is 0 Å². The third-order valence-electron chi connectivity index (χ3n) is 0.341. The van der Waals surface area contributed by atoms with E-state index in [0.29, 0.717) is 0 Å². The fourth-order valence-electron chi connectivity index (χ4n) is 0. The van der Waals surface area contributed by atoms with E-state index >= 15 is 0 Å². The smallest absolute Gasteiger partial charge is 0.0905 e. The fraction of sp³-hybridized carbons (Fsp3) is 0.400. The highest BCUT2D eigenvalue weighted by molar-refractivity contribution is 4.93. The first-order chi connectivity index (χ1) is 3.41. The van der Waals surface area contributed by atoms with Crippen molar-refractivity contribution in [3.63, 3.8) is 0 Å². The third kappa shape index (κ3) is 37.3. The minimum atomic E-state index is 1.18. The van der Waals surface area contributed by atoms with E-state index in [1.807, 2.05) is 0 Å². The minimum absolute atomic E-state index is 1.18. The number of allylic oxidation sites excluding steroid dienone is 1. The molecule has 0 aromatic rings. The quantitative estimate of drug-likeness (QED) is 0.348. The van der Waals surface area contributed by atoms with Crippen LogP contribution in [0, 0.1) is 11.3 Å². The van der Waals surface area contributed by atoms with E-state index in [1.165, 1.54) is 19.2 Å². The summed E-state index contributed by atoms with van der Waals surface area (Å²) in [4.78, 5) is 0. The van der Waals surface area contributed by atoms with Crippen molar-refractivity contribution in [3.8, 4) is 6.07 Å². The summed E-state index contributed by atoms with van der Waals surface area (Å²) < 4.78 is 0. The van der Waals surface area contributed by atoms with Crippen molar-refractivity contribution < 1.29 is 0 Å². The van der Waals surface area contributed by atoms with Crippen LogP contribution in [-0.4, -0.2) is 13.1 Å². The molecule has 0 aliphatic carbocycles. The molecule has 0 amide bonds. The number of nitriles is 1. The summed E-state index contributed by atoms with van der Waals surface area (Å²) >= 11 is 0. The Morgan fingerprint density at radius 2 is 2.00 bits per heavy atom. The van der Waals surface area contributed by atoms with Crippen molar-refractivity contribution in [2.24, 2.45) is 0 Å². The van der Waals surface area contributed by atoms with Gasteiger partial charge in [0.15, 0.2) is 0 Å². The highest BCUT2D eigenvalue weighted by Gasteiger charge is 1.91. The minimum Gasteiger partial charge on any atom is -0.314 e. The number of hydrogen-bond donors (Lipinski definition) is 1. The summed E-state index contributed by atoms with van der Waals surface area (Å²) in [6.45, 7) is 5.62. The van der Waals surface area contributed by atoms with Crippen molar-refractivity contribution in [2.75, 3.05) is 13.1 Å². The van der Waals surface area contributed by atoms with Gasteiger partial charge in [-0.25, -0.2) is 0 Å². The van der Waals surface area contributed by atoms with Gasteiger partial charge >= 0.3 is 0 Å². The zero-order chi connectivity index (χ0) is 5.54. The lowest BCUT2D eigenvalue weighted by Crippen LogP contribution is -1.56. The van der Waals surface area contributed by atoms with Gasteiger partial charge in [-0.1, -0.05) is 6.58 Å². The molecule has 7 heavy (non-hydrogen) atoms. The molecule has 0 atom stereocenters. The molecule has 2 heteroatoms. The van der Waals surface area contributed by atoms with Crippen molar-refractivity contribution in [1.29, 1.82) is 5.26 Å². The molecule has 0 aromatic carbocycles. The predicted octanol–water partition coefficient (Wildman–Crippen LogP) is 0.286. The fourth-order valence-corrected chi connectivity index (χ4v) is 0. The van der Waals surface area contributed by atoms with Crippen molar-refractivity contribution in [2.45, 2.75) is 0 Å². The molecular weight excluding hydrogens is 88.1 g/mol. The molecule has 0 bridgehead atoms. The molecule has 0 saturated carbocycles. The van der Waals surface area contributed by atoms with E-state index in [4.69, 9.17) is 5.26 Å². The van der Waals surface area contributed by atoms with Gasteiger partial charge in [-0.15, -0.1) is 0 Å². The molecule has 0 unspecified atom stereocenters. The van der Waals surface area contributed by atoms with Gasteiger partial charge in [0.05, 0.1) is 6.07 Å². The molecule has 1 aliphatic heterocycles. The Labute approximate surface area is 43.5 Å². The molecule has 1 rings (SSSR count). The lowest BCUT2D eigenvalue weighted by Gasteiger charge is -1.31. The summed E-state index contributed by atoms with van der Waals surface area (Å²) in [5.74, 6) is 0. The Kier molecular flexibility index (Phi) is 4.59.